The van der Waals surface area contributed by atoms with Crippen LogP contribution in [0.2, 0.25) is 5.02 Å². The fourth-order valence-corrected chi connectivity index (χ4v) is 3.12. The first kappa shape index (κ1) is 21.9. The van der Waals surface area contributed by atoms with Crippen molar-refractivity contribution in [2.45, 2.75) is 13.8 Å². The highest BCUT2D eigenvalue weighted by atomic mass is 35.5. The average molecular weight is 438 g/mol. The van der Waals surface area contributed by atoms with Crippen molar-refractivity contribution in [1.29, 1.82) is 5.26 Å². The van der Waals surface area contributed by atoms with Crippen molar-refractivity contribution >= 4 is 29.3 Å². The number of ether oxygens (including phenoxy) is 2. The minimum Gasteiger partial charge on any atom is -0.482 e. The van der Waals surface area contributed by atoms with Crippen LogP contribution >= 0.6 is 11.6 Å². The molecule has 0 unspecified atom stereocenters. The van der Waals surface area contributed by atoms with Crippen molar-refractivity contribution in [2.75, 3.05) is 18.5 Å². The van der Waals surface area contributed by atoms with Gasteiger partial charge in [0.15, 0.2) is 13.2 Å². The number of halogens is 1. The molecule has 0 bridgehead atoms. The lowest BCUT2D eigenvalue weighted by atomic mass is 10.2. The normalized spacial score (nSPS) is 10.3. The third-order valence-electron chi connectivity index (χ3n) is 4.63. The van der Waals surface area contributed by atoms with E-state index in [0.29, 0.717) is 22.2 Å². The molecule has 2 aromatic carbocycles. The highest BCUT2D eigenvalue weighted by molar-refractivity contribution is 6.30. The molecule has 1 heterocycles. The largest absolute Gasteiger partial charge is 0.482 e. The van der Waals surface area contributed by atoms with E-state index in [-0.39, 0.29) is 6.61 Å². The molecule has 31 heavy (non-hydrogen) atoms. The maximum Gasteiger partial charge on any atom is 0.344 e. The number of esters is 1. The molecule has 0 aliphatic rings. The van der Waals surface area contributed by atoms with Crippen LogP contribution in [-0.4, -0.2) is 29.7 Å². The Hall–Kier alpha value is -3.76. The predicted octanol–water partition coefficient (Wildman–Crippen LogP) is 4.18. The topological polar surface area (TPSA) is 93.3 Å². The van der Waals surface area contributed by atoms with E-state index >= 15 is 0 Å². The zero-order valence-corrected chi connectivity index (χ0v) is 17.8. The van der Waals surface area contributed by atoms with E-state index in [9.17, 15) is 14.9 Å². The number of hydrogen-bond acceptors (Lipinski definition) is 5. The number of carbonyl (C=O) groups is 2. The van der Waals surface area contributed by atoms with Gasteiger partial charge in [0.05, 0.1) is 5.56 Å². The van der Waals surface area contributed by atoms with Crippen LogP contribution in [0, 0.1) is 25.2 Å². The Morgan fingerprint density at radius 3 is 2.39 bits per heavy atom. The van der Waals surface area contributed by atoms with Gasteiger partial charge in [-0.3, -0.25) is 9.36 Å². The maximum absolute atomic E-state index is 12.4. The van der Waals surface area contributed by atoms with E-state index in [2.05, 4.69) is 11.4 Å². The lowest BCUT2D eigenvalue weighted by molar-refractivity contribution is -0.149. The van der Waals surface area contributed by atoms with E-state index in [1.807, 2.05) is 44.2 Å². The molecule has 0 spiro atoms. The van der Waals surface area contributed by atoms with Gasteiger partial charge in [0.1, 0.15) is 17.6 Å². The summed E-state index contributed by atoms with van der Waals surface area (Å²) in [5.41, 5.74) is 2.74. The minimum absolute atomic E-state index is 0.335. The molecule has 0 saturated heterocycles. The number of nitriles is 1. The molecule has 0 fully saturated rings. The smallest absolute Gasteiger partial charge is 0.344 e. The summed E-state index contributed by atoms with van der Waals surface area (Å²) >= 11 is 5.79. The molecule has 158 valence electrons. The van der Waals surface area contributed by atoms with Crippen LogP contribution < -0.4 is 10.1 Å². The Bertz CT molecular complexity index is 1130. The molecule has 3 aromatic rings. The quantitative estimate of drug-likeness (QED) is 0.559. The van der Waals surface area contributed by atoms with Crippen LogP contribution in [0.1, 0.15) is 16.8 Å². The highest BCUT2D eigenvalue weighted by Crippen LogP contribution is 2.29. The second kappa shape index (κ2) is 9.83. The molecule has 1 amide bonds. The summed E-state index contributed by atoms with van der Waals surface area (Å²) in [4.78, 5) is 24.3. The number of hydrogen-bond donors (Lipinski definition) is 1. The number of amides is 1. The first-order chi connectivity index (χ1) is 14.9. The summed E-state index contributed by atoms with van der Waals surface area (Å²) in [6.45, 7) is 2.83. The van der Waals surface area contributed by atoms with Crippen molar-refractivity contribution in [3.05, 3.63) is 76.4 Å². The maximum atomic E-state index is 12.4. The van der Waals surface area contributed by atoms with Gasteiger partial charge in [-0.2, -0.15) is 5.26 Å². The molecule has 0 radical (unpaired) electrons. The Labute approximate surface area is 184 Å². The summed E-state index contributed by atoms with van der Waals surface area (Å²) in [6, 6.07) is 18.0. The van der Waals surface area contributed by atoms with Crippen molar-refractivity contribution in [3.63, 3.8) is 0 Å². The Morgan fingerprint density at radius 2 is 1.74 bits per heavy atom. The second-order valence-corrected chi connectivity index (χ2v) is 7.10. The standard InChI is InChI=1S/C23H20ClN3O4/c1-15-16(2)27(18-6-4-3-5-7-18)23(20(15)12-25)26-21(28)13-31-22(29)14-30-19-10-8-17(24)9-11-19/h3-11H,13-14H2,1-2H3,(H,26,28). The van der Waals surface area contributed by atoms with E-state index in [0.717, 1.165) is 16.9 Å². The minimum atomic E-state index is -0.698. The first-order valence-corrected chi connectivity index (χ1v) is 9.79. The summed E-state index contributed by atoms with van der Waals surface area (Å²) in [5.74, 6) is -0.472. The average Bonchev–Trinajstić information content (AvgIpc) is 3.01. The van der Waals surface area contributed by atoms with Gasteiger partial charge < -0.3 is 14.8 Å². The third-order valence-corrected chi connectivity index (χ3v) is 4.88. The third kappa shape index (κ3) is 5.24. The lowest BCUT2D eigenvalue weighted by Gasteiger charge is -2.13. The van der Waals surface area contributed by atoms with E-state index < -0.39 is 18.5 Å². The SMILES string of the molecule is Cc1c(C#N)c(NC(=O)COC(=O)COc2ccc(Cl)cc2)n(-c2ccccc2)c1C. The Kier molecular flexibility index (Phi) is 6.96. The second-order valence-electron chi connectivity index (χ2n) is 6.67. The van der Waals surface area contributed by atoms with Crippen molar-refractivity contribution in [1.82, 2.24) is 4.57 Å². The molecule has 3 rings (SSSR count). The van der Waals surface area contributed by atoms with Gasteiger partial charge in [-0.1, -0.05) is 29.8 Å². The molecule has 0 saturated carbocycles. The van der Waals surface area contributed by atoms with E-state index in [4.69, 9.17) is 21.1 Å². The molecule has 0 aliphatic carbocycles. The van der Waals surface area contributed by atoms with Crippen molar-refractivity contribution in [3.8, 4) is 17.5 Å². The van der Waals surface area contributed by atoms with Crippen LogP contribution in [0.5, 0.6) is 5.75 Å². The molecule has 8 heteroatoms. The molecular formula is C23H20ClN3O4. The van der Waals surface area contributed by atoms with Gasteiger partial charge in [0, 0.05) is 16.4 Å². The summed E-state index contributed by atoms with van der Waals surface area (Å²) in [5, 5.41) is 12.8. The molecule has 0 atom stereocenters. The number of anilines is 1. The zero-order valence-electron chi connectivity index (χ0n) is 17.0. The number of carbonyl (C=O) groups excluding carboxylic acids is 2. The predicted molar refractivity (Wildman–Crippen MR) is 116 cm³/mol. The summed E-state index contributed by atoms with van der Waals surface area (Å²) < 4.78 is 12.1. The number of nitrogens with zero attached hydrogens (tertiary/aromatic N) is 2. The number of nitrogens with one attached hydrogen (secondary N) is 1. The first-order valence-electron chi connectivity index (χ1n) is 9.42. The van der Waals surface area contributed by atoms with Crippen molar-refractivity contribution < 1.29 is 19.1 Å². The molecule has 1 aromatic heterocycles. The Balaban J connectivity index is 1.65. The summed E-state index contributed by atoms with van der Waals surface area (Å²) in [6.07, 6.45) is 0. The number of para-hydroxylation sites is 1. The van der Waals surface area contributed by atoms with Gasteiger partial charge in [-0.15, -0.1) is 0 Å². The van der Waals surface area contributed by atoms with Gasteiger partial charge >= 0.3 is 5.97 Å². The zero-order chi connectivity index (χ0) is 22.4. The monoisotopic (exact) mass is 437 g/mol. The van der Waals surface area contributed by atoms with Crippen LogP contribution in [0.15, 0.2) is 54.6 Å². The molecule has 0 aliphatic heterocycles. The number of benzene rings is 2. The van der Waals surface area contributed by atoms with Gasteiger partial charge in [-0.05, 0) is 55.8 Å². The summed E-state index contributed by atoms with van der Waals surface area (Å²) in [7, 11) is 0. The van der Waals surface area contributed by atoms with Gasteiger partial charge in [-0.25, -0.2) is 4.79 Å². The van der Waals surface area contributed by atoms with Crippen LogP contribution in [0.25, 0.3) is 5.69 Å². The van der Waals surface area contributed by atoms with Gasteiger partial charge in [0.2, 0.25) is 0 Å². The van der Waals surface area contributed by atoms with E-state index in [1.54, 1.807) is 28.8 Å². The molecule has 7 nitrogen and oxygen atoms in total. The van der Waals surface area contributed by atoms with Crippen LogP contribution in [-0.2, 0) is 14.3 Å². The number of rotatable bonds is 7. The number of aromatic nitrogens is 1. The highest BCUT2D eigenvalue weighted by Gasteiger charge is 2.21. The fraction of sp³-hybridized carbons (Fsp3) is 0.174. The molecule has 1 N–H and O–H groups in total. The Morgan fingerprint density at radius 1 is 1.06 bits per heavy atom. The lowest BCUT2D eigenvalue weighted by Crippen LogP contribution is -2.25. The van der Waals surface area contributed by atoms with Gasteiger partial charge in [0.25, 0.3) is 5.91 Å². The van der Waals surface area contributed by atoms with Crippen LogP contribution in [0.4, 0.5) is 5.82 Å². The van der Waals surface area contributed by atoms with Crippen molar-refractivity contribution in [2.24, 2.45) is 0 Å². The van der Waals surface area contributed by atoms with Crippen LogP contribution in [0.3, 0.4) is 0 Å². The fourth-order valence-electron chi connectivity index (χ4n) is 2.99. The molecular weight excluding hydrogens is 418 g/mol. The van der Waals surface area contributed by atoms with E-state index in [1.165, 1.54) is 0 Å².